The van der Waals surface area contributed by atoms with Gasteiger partial charge in [0.1, 0.15) is 8.30 Å². The molecule has 33 heavy (non-hydrogen) atoms. The summed E-state index contributed by atoms with van der Waals surface area (Å²) in [5.74, 6) is 0.255. The Kier molecular flexibility index (Phi) is 9.54. The van der Waals surface area contributed by atoms with Crippen molar-refractivity contribution >= 4 is 27.0 Å². The third-order valence-electron chi connectivity index (χ3n) is 6.37. The molecule has 4 nitrogen and oxygen atoms in total. The quantitative estimate of drug-likeness (QED) is 0.300. The second-order valence-electron chi connectivity index (χ2n) is 9.43. The molecule has 0 aliphatic carbocycles. The van der Waals surface area contributed by atoms with Crippen LogP contribution in [-0.2, 0) is 13.7 Å². The van der Waals surface area contributed by atoms with Gasteiger partial charge in [-0.3, -0.25) is 4.67 Å². The lowest BCUT2D eigenvalue weighted by Crippen LogP contribution is -2.59. The van der Waals surface area contributed by atoms with Crippen molar-refractivity contribution in [2.45, 2.75) is 65.8 Å². The molecule has 1 aliphatic heterocycles. The number of hydrogen-bond donors (Lipinski definition) is 0. The Labute approximate surface area is 205 Å². The SMILES string of the molecule is [3H][C@H]1C[C@H](CP(OCC)N(C(C)C)C(C)C)[C@@H](CO[Si](C)(c2ccccc2)c2ccccc2)O1. The smallest absolute Gasteiger partial charge is 0.252 e. The van der Waals surface area contributed by atoms with Gasteiger partial charge in [0.05, 0.1) is 14.1 Å². The highest BCUT2D eigenvalue weighted by molar-refractivity contribution is 7.50. The van der Waals surface area contributed by atoms with Crippen LogP contribution >= 0.6 is 8.30 Å². The molecule has 0 radical (unpaired) electrons. The van der Waals surface area contributed by atoms with Gasteiger partial charge in [0.2, 0.25) is 0 Å². The average Bonchev–Trinajstić information content (AvgIpc) is 3.17. The van der Waals surface area contributed by atoms with E-state index in [-0.39, 0.29) is 12.0 Å². The summed E-state index contributed by atoms with van der Waals surface area (Å²) >= 11 is 0. The van der Waals surface area contributed by atoms with Crippen molar-refractivity contribution in [3.63, 3.8) is 0 Å². The highest BCUT2D eigenvalue weighted by atomic mass is 31.2. The molecule has 2 aromatic carbocycles. The fraction of sp³-hybridized carbons (Fsp3) is 0.556. The van der Waals surface area contributed by atoms with Gasteiger partial charge in [-0.2, -0.15) is 0 Å². The summed E-state index contributed by atoms with van der Waals surface area (Å²) in [4.78, 5) is 0. The van der Waals surface area contributed by atoms with Gasteiger partial charge in [0.15, 0.2) is 0 Å². The molecule has 0 spiro atoms. The number of nitrogens with zero attached hydrogens (tertiary/aromatic N) is 1. The molecule has 6 heteroatoms. The van der Waals surface area contributed by atoms with Crippen molar-refractivity contribution in [1.29, 1.82) is 0 Å². The second kappa shape index (κ2) is 12.6. The second-order valence-corrected chi connectivity index (χ2v) is 14.7. The van der Waals surface area contributed by atoms with Gasteiger partial charge in [-0.15, -0.1) is 0 Å². The van der Waals surface area contributed by atoms with Crippen LogP contribution in [0.25, 0.3) is 0 Å². The number of benzene rings is 2. The molecule has 1 heterocycles. The van der Waals surface area contributed by atoms with Crippen LogP contribution in [0.4, 0.5) is 0 Å². The molecule has 1 unspecified atom stereocenters. The third-order valence-corrected chi connectivity index (χ3v) is 12.8. The maximum Gasteiger partial charge on any atom is 0.252 e. The van der Waals surface area contributed by atoms with E-state index in [4.69, 9.17) is 15.1 Å². The first kappa shape index (κ1) is 25.0. The predicted molar refractivity (Wildman–Crippen MR) is 143 cm³/mol. The lowest BCUT2D eigenvalue weighted by atomic mass is 10.1. The van der Waals surface area contributed by atoms with Crippen LogP contribution in [0, 0.1) is 5.92 Å². The molecule has 3 rings (SSSR count). The maximum atomic E-state index is 8.36. The van der Waals surface area contributed by atoms with E-state index in [9.17, 15) is 0 Å². The van der Waals surface area contributed by atoms with Crippen LogP contribution in [0.2, 0.25) is 6.55 Å². The normalized spacial score (nSPS) is 22.8. The van der Waals surface area contributed by atoms with E-state index in [2.05, 4.69) is 106 Å². The van der Waals surface area contributed by atoms with Crippen LogP contribution in [0.5, 0.6) is 0 Å². The highest BCUT2D eigenvalue weighted by Crippen LogP contribution is 2.48. The Morgan fingerprint density at radius 3 is 2.06 bits per heavy atom. The van der Waals surface area contributed by atoms with E-state index < -0.39 is 23.2 Å². The predicted octanol–water partition coefficient (Wildman–Crippen LogP) is 5.27. The summed E-state index contributed by atoms with van der Waals surface area (Å²) in [6.45, 7) is 14.0. The van der Waals surface area contributed by atoms with Crippen molar-refractivity contribution in [2.24, 2.45) is 5.92 Å². The number of hydrogen-bond acceptors (Lipinski definition) is 4. The van der Waals surface area contributed by atoms with Gasteiger partial charge in [0, 0.05) is 31.4 Å². The molecule has 0 aromatic heterocycles. The molecule has 2 aromatic rings. The van der Waals surface area contributed by atoms with Gasteiger partial charge in [0.25, 0.3) is 8.32 Å². The fourth-order valence-electron chi connectivity index (χ4n) is 4.70. The first-order valence-electron chi connectivity index (χ1n) is 12.8. The summed E-state index contributed by atoms with van der Waals surface area (Å²) in [6.07, 6.45) is 1.56. The van der Waals surface area contributed by atoms with E-state index in [1.54, 1.807) is 0 Å². The molecule has 0 amide bonds. The average molecular weight is 490 g/mol. The minimum Gasteiger partial charge on any atom is -0.406 e. The fourth-order valence-corrected chi connectivity index (χ4v) is 10.1. The van der Waals surface area contributed by atoms with Crippen molar-refractivity contribution in [2.75, 3.05) is 26.0 Å². The van der Waals surface area contributed by atoms with Crippen molar-refractivity contribution < 1.29 is 15.1 Å². The van der Waals surface area contributed by atoms with Crippen molar-refractivity contribution in [3.05, 3.63) is 60.7 Å². The van der Waals surface area contributed by atoms with Gasteiger partial charge < -0.3 is 13.7 Å². The zero-order valence-corrected chi connectivity index (χ0v) is 23.0. The highest BCUT2D eigenvalue weighted by Gasteiger charge is 2.39. The zero-order chi connectivity index (χ0) is 24.7. The van der Waals surface area contributed by atoms with E-state index in [0.29, 0.717) is 25.3 Å². The van der Waals surface area contributed by atoms with E-state index in [0.717, 1.165) is 12.6 Å². The van der Waals surface area contributed by atoms with Crippen molar-refractivity contribution in [3.8, 4) is 0 Å². The van der Waals surface area contributed by atoms with Crippen molar-refractivity contribution in [1.82, 2.24) is 4.67 Å². The lowest BCUT2D eigenvalue weighted by molar-refractivity contribution is 0.0503. The summed E-state index contributed by atoms with van der Waals surface area (Å²) < 4.78 is 30.1. The van der Waals surface area contributed by atoms with Crippen LogP contribution in [0.15, 0.2) is 60.7 Å². The Morgan fingerprint density at radius 2 is 1.58 bits per heavy atom. The third kappa shape index (κ3) is 6.75. The molecule has 0 saturated carbocycles. The van der Waals surface area contributed by atoms with E-state index >= 15 is 0 Å². The molecule has 4 atom stereocenters. The van der Waals surface area contributed by atoms with Gasteiger partial charge in [-0.05, 0) is 63.9 Å². The monoisotopic (exact) mass is 489 g/mol. The van der Waals surface area contributed by atoms with E-state index in [1.807, 2.05) is 0 Å². The minimum absolute atomic E-state index is 0.0895. The number of ether oxygens (including phenoxy) is 1. The molecule has 182 valence electrons. The zero-order valence-electron chi connectivity index (χ0n) is 22.1. The molecular formula is C27H42NO3PSi. The topological polar surface area (TPSA) is 30.9 Å². The lowest BCUT2D eigenvalue weighted by Gasteiger charge is -2.39. The largest absolute Gasteiger partial charge is 0.406 e. The molecular weight excluding hydrogens is 445 g/mol. The minimum atomic E-state index is -2.41. The Morgan fingerprint density at radius 1 is 1.03 bits per heavy atom. The summed E-state index contributed by atoms with van der Waals surface area (Å²) in [6, 6.07) is 22.0. The maximum absolute atomic E-state index is 8.36. The summed E-state index contributed by atoms with van der Waals surface area (Å²) in [7, 11) is -3.17. The summed E-state index contributed by atoms with van der Waals surface area (Å²) in [5.41, 5.74) is 0. The molecule has 1 aliphatic rings. The Hall–Kier alpha value is -1.07. The Bertz CT molecular complexity index is 810. The van der Waals surface area contributed by atoms with Crippen LogP contribution in [0.1, 0.15) is 42.4 Å². The molecule has 1 fully saturated rings. The van der Waals surface area contributed by atoms with Gasteiger partial charge >= 0.3 is 0 Å². The summed E-state index contributed by atoms with van der Waals surface area (Å²) in [5, 5.41) is 2.50. The van der Waals surface area contributed by atoms with E-state index in [1.165, 1.54) is 10.4 Å². The van der Waals surface area contributed by atoms with Crippen LogP contribution in [-0.4, -0.2) is 57.1 Å². The van der Waals surface area contributed by atoms with Crippen LogP contribution in [0.3, 0.4) is 0 Å². The Balaban J connectivity index is 1.79. The first-order chi connectivity index (χ1) is 16.3. The van der Waals surface area contributed by atoms with Gasteiger partial charge in [-0.1, -0.05) is 60.7 Å². The molecule has 0 bridgehead atoms. The molecule has 1 saturated heterocycles. The van der Waals surface area contributed by atoms with Crippen LogP contribution < -0.4 is 10.4 Å². The standard InChI is InChI=1S/C27H42NO3PSi/c1-7-30-32(28(22(2)3)23(4)5)21-24-18-19-29-27(24)20-31-33(6,25-14-10-8-11-15-25)26-16-12-9-13-17-26/h8-17,22-24,27H,7,18-21H2,1-6H3/t24-,27-,32?/m1/s1/i19T/t19-,24+,27+,32?/m0. The number of rotatable bonds is 12. The first-order valence-corrected chi connectivity index (χ1v) is 16.1. The molecule has 0 N–H and O–H groups in total. The van der Waals surface area contributed by atoms with Gasteiger partial charge in [-0.25, -0.2) is 0 Å².